The van der Waals surface area contributed by atoms with Crippen LogP contribution in [0.4, 0.5) is 11.4 Å². The highest BCUT2D eigenvalue weighted by Gasteiger charge is 2.22. The van der Waals surface area contributed by atoms with Crippen molar-refractivity contribution in [1.82, 2.24) is 9.13 Å². The molecule has 2 aromatic heterocycles. The molecule has 0 unspecified atom stereocenters. The molecule has 0 fully saturated rings. The molecule has 0 N–H and O–H groups in total. The number of nitriles is 2. The highest BCUT2D eigenvalue weighted by molar-refractivity contribution is 6.23. The fourth-order valence-electron chi connectivity index (χ4n) is 9.40. The SMILES string of the molecule is [C-]#[N+]c1ccc2c(c1)c1cc(C#N)ccc1n2-c1ccc2c(-c3ccc(C)cc3)c3cc(-n4c5ccc(C#N)cc5c5cc([N+]#[C-])ccc54)ccc3c(-c3ccc(C)cc3)c2c1. The highest BCUT2D eigenvalue weighted by Crippen LogP contribution is 2.47. The summed E-state index contributed by atoms with van der Waals surface area (Å²) in [5, 5.41) is 27.8. The van der Waals surface area contributed by atoms with Gasteiger partial charge in [0.15, 0.2) is 11.4 Å². The molecule has 286 valence electrons. The molecule has 11 rings (SSSR count). The third kappa shape index (κ3) is 5.46. The molecule has 0 aliphatic rings. The van der Waals surface area contributed by atoms with Crippen molar-refractivity contribution in [1.29, 1.82) is 10.5 Å². The van der Waals surface area contributed by atoms with E-state index in [-0.39, 0.29) is 0 Å². The van der Waals surface area contributed by atoms with Crippen LogP contribution in [0, 0.1) is 49.7 Å². The van der Waals surface area contributed by atoms with Gasteiger partial charge in [0.25, 0.3) is 0 Å². The Morgan fingerprint density at radius 2 is 0.758 bits per heavy atom. The van der Waals surface area contributed by atoms with Crippen LogP contribution >= 0.6 is 0 Å². The first-order valence-corrected chi connectivity index (χ1v) is 20.3. The standard InChI is InChI=1S/C56H32N6/c1-33-5-11-37(12-6-33)55-43-19-17-42(62-52-22-10-36(32-58)26-46(52)48-28-40(60-4)16-24-54(48)62)30-50(43)56(38-13-7-34(2)8-14-38)44-20-18-41(29-49(44)55)61-51-21-9-35(31-57)25-45(51)47-27-39(59-3)15-23-53(47)61/h5-30H,1-2H3. The molecular weight excluding hydrogens is 757 g/mol. The maximum atomic E-state index is 9.87. The summed E-state index contributed by atoms with van der Waals surface area (Å²) in [6, 6.07) is 58.7. The molecule has 6 heteroatoms. The lowest BCUT2D eigenvalue weighted by Gasteiger charge is -2.21. The summed E-state index contributed by atoms with van der Waals surface area (Å²) in [6.45, 7) is 19.7. The number of benzene rings is 9. The van der Waals surface area contributed by atoms with Gasteiger partial charge < -0.3 is 9.13 Å². The third-order valence-electron chi connectivity index (χ3n) is 12.3. The molecule has 0 saturated carbocycles. The quantitative estimate of drug-likeness (QED) is 0.132. The van der Waals surface area contributed by atoms with Crippen molar-refractivity contribution in [2.45, 2.75) is 13.8 Å². The zero-order valence-electron chi connectivity index (χ0n) is 33.7. The van der Waals surface area contributed by atoms with Crippen molar-refractivity contribution >= 4 is 76.5 Å². The van der Waals surface area contributed by atoms with Crippen LogP contribution in [-0.2, 0) is 0 Å². The molecule has 0 saturated heterocycles. The van der Waals surface area contributed by atoms with Crippen LogP contribution in [0.1, 0.15) is 22.3 Å². The number of rotatable bonds is 4. The summed E-state index contributed by atoms with van der Waals surface area (Å²) < 4.78 is 4.49. The second kappa shape index (κ2) is 13.8. The Hall–Kier alpha value is -8.94. The molecule has 0 bridgehead atoms. The second-order valence-corrected chi connectivity index (χ2v) is 15.9. The minimum absolute atomic E-state index is 0.550. The Morgan fingerprint density at radius 1 is 0.387 bits per heavy atom. The van der Waals surface area contributed by atoms with E-state index in [1.165, 1.54) is 11.1 Å². The normalized spacial score (nSPS) is 11.3. The molecule has 0 radical (unpaired) electrons. The lowest BCUT2D eigenvalue weighted by atomic mass is 9.85. The molecule has 0 aliphatic heterocycles. The summed E-state index contributed by atoms with van der Waals surface area (Å²) in [7, 11) is 0. The Labute approximate surface area is 357 Å². The van der Waals surface area contributed by atoms with Crippen LogP contribution in [0.3, 0.4) is 0 Å². The van der Waals surface area contributed by atoms with Gasteiger partial charge in [0.2, 0.25) is 0 Å². The van der Waals surface area contributed by atoms with E-state index < -0.39 is 0 Å². The molecule has 6 nitrogen and oxygen atoms in total. The fourth-order valence-corrected chi connectivity index (χ4v) is 9.40. The Bertz CT molecular complexity index is 3510. The van der Waals surface area contributed by atoms with E-state index in [9.17, 15) is 10.5 Å². The molecule has 62 heavy (non-hydrogen) atoms. The Morgan fingerprint density at radius 3 is 1.13 bits per heavy atom. The van der Waals surface area contributed by atoms with Gasteiger partial charge in [-0.1, -0.05) is 83.9 Å². The van der Waals surface area contributed by atoms with Gasteiger partial charge >= 0.3 is 0 Å². The van der Waals surface area contributed by atoms with Crippen LogP contribution in [0.5, 0.6) is 0 Å². The first-order valence-electron chi connectivity index (χ1n) is 20.3. The molecule has 11 aromatic rings. The molecule has 0 aliphatic carbocycles. The first-order chi connectivity index (χ1) is 30.3. The van der Waals surface area contributed by atoms with Gasteiger partial charge in [0.1, 0.15) is 0 Å². The predicted molar refractivity (Wildman–Crippen MR) is 252 cm³/mol. The van der Waals surface area contributed by atoms with Crippen LogP contribution in [0.2, 0.25) is 0 Å². The average Bonchev–Trinajstić information content (AvgIpc) is 3.82. The van der Waals surface area contributed by atoms with Gasteiger partial charge in [-0.15, -0.1) is 0 Å². The van der Waals surface area contributed by atoms with Crippen molar-refractivity contribution < 1.29 is 0 Å². The molecule has 0 amide bonds. The van der Waals surface area contributed by atoms with E-state index in [4.69, 9.17) is 13.1 Å². The summed E-state index contributed by atoms with van der Waals surface area (Å²) in [5.41, 5.74) is 14.8. The number of aromatic nitrogens is 2. The van der Waals surface area contributed by atoms with Gasteiger partial charge in [-0.2, -0.15) is 10.5 Å². The van der Waals surface area contributed by atoms with E-state index in [2.05, 4.69) is 130 Å². The van der Waals surface area contributed by atoms with Crippen molar-refractivity contribution in [2.24, 2.45) is 0 Å². The zero-order valence-corrected chi connectivity index (χ0v) is 33.7. The van der Waals surface area contributed by atoms with Crippen molar-refractivity contribution in [2.75, 3.05) is 0 Å². The topological polar surface area (TPSA) is 66.2 Å². The van der Waals surface area contributed by atoms with Gasteiger partial charge in [0.05, 0.1) is 58.5 Å². The monoisotopic (exact) mass is 788 g/mol. The van der Waals surface area contributed by atoms with Crippen LogP contribution in [0.25, 0.3) is 108 Å². The van der Waals surface area contributed by atoms with E-state index in [0.717, 1.165) is 98.8 Å². The fraction of sp³-hybridized carbons (Fsp3) is 0.0357. The zero-order chi connectivity index (χ0) is 42.2. The number of nitrogens with zero attached hydrogens (tertiary/aromatic N) is 6. The minimum Gasteiger partial charge on any atom is -0.309 e. The lowest BCUT2D eigenvalue weighted by molar-refractivity contribution is 1.18. The highest BCUT2D eigenvalue weighted by atomic mass is 15.0. The number of aryl methyl sites for hydroxylation is 2. The summed E-state index contributed by atoms with van der Waals surface area (Å²) in [6.07, 6.45) is 0. The van der Waals surface area contributed by atoms with Gasteiger partial charge in [-0.05, 0) is 153 Å². The van der Waals surface area contributed by atoms with Gasteiger partial charge in [0, 0.05) is 22.1 Å². The minimum atomic E-state index is 0.550. The second-order valence-electron chi connectivity index (χ2n) is 15.9. The predicted octanol–water partition coefficient (Wildman–Crippen LogP) is 15.0. The van der Waals surface area contributed by atoms with E-state index in [0.29, 0.717) is 22.5 Å². The molecular formula is C56H32N6. The number of hydrogen-bond acceptors (Lipinski definition) is 2. The van der Waals surface area contributed by atoms with Gasteiger partial charge in [-0.25, -0.2) is 9.69 Å². The molecule has 0 spiro atoms. The molecule has 2 heterocycles. The first kappa shape index (κ1) is 36.2. The van der Waals surface area contributed by atoms with Crippen LogP contribution in [-0.4, -0.2) is 9.13 Å². The lowest BCUT2D eigenvalue weighted by Crippen LogP contribution is -1.98. The summed E-state index contributed by atoms with van der Waals surface area (Å²) >= 11 is 0. The van der Waals surface area contributed by atoms with Crippen molar-refractivity contribution in [3.63, 3.8) is 0 Å². The van der Waals surface area contributed by atoms with E-state index >= 15 is 0 Å². The largest absolute Gasteiger partial charge is 0.309 e. The summed E-state index contributed by atoms with van der Waals surface area (Å²) in [4.78, 5) is 7.47. The van der Waals surface area contributed by atoms with Gasteiger partial charge in [-0.3, -0.25) is 0 Å². The summed E-state index contributed by atoms with van der Waals surface area (Å²) in [5.74, 6) is 0. The maximum absolute atomic E-state index is 9.87. The van der Waals surface area contributed by atoms with Crippen LogP contribution in [0.15, 0.2) is 158 Å². The maximum Gasteiger partial charge on any atom is 0.188 e. The number of fused-ring (bicyclic) bond motifs is 8. The Kier molecular flexibility index (Phi) is 8.07. The molecule has 9 aromatic carbocycles. The molecule has 0 atom stereocenters. The Balaban J connectivity index is 1.27. The average molecular weight is 789 g/mol. The van der Waals surface area contributed by atoms with Crippen molar-refractivity contribution in [3.05, 3.63) is 203 Å². The van der Waals surface area contributed by atoms with E-state index in [1.54, 1.807) is 0 Å². The number of hydrogen-bond donors (Lipinski definition) is 0. The van der Waals surface area contributed by atoms with Crippen molar-refractivity contribution in [3.8, 4) is 45.8 Å². The van der Waals surface area contributed by atoms with Crippen LogP contribution < -0.4 is 0 Å². The third-order valence-corrected chi connectivity index (χ3v) is 12.3. The smallest absolute Gasteiger partial charge is 0.188 e. The van der Waals surface area contributed by atoms with E-state index in [1.807, 2.05) is 72.8 Å².